The third kappa shape index (κ3) is 4.04. The van der Waals surface area contributed by atoms with Gasteiger partial charge in [0, 0.05) is 11.6 Å². The summed E-state index contributed by atoms with van der Waals surface area (Å²) in [7, 11) is 0. The highest BCUT2D eigenvalue weighted by molar-refractivity contribution is 7.13. The first-order valence-electron chi connectivity index (χ1n) is 8.83. The van der Waals surface area contributed by atoms with Crippen LogP contribution in [0.3, 0.4) is 0 Å². The highest BCUT2D eigenvalue weighted by Gasteiger charge is 2.13. The average molecular weight is 373 g/mol. The summed E-state index contributed by atoms with van der Waals surface area (Å²) >= 11 is 1.51. The number of fused-ring (bicyclic) bond motifs is 1. The minimum atomic E-state index is -0.0593. The number of carbonyl (C=O) groups is 1. The number of nitrogens with one attached hydrogen (secondary N) is 1. The van der Waals surface area contributed by atoms with Gasteiger partial charge in [-0.3, -0.25) is 9.78 Å². The average Bonchev–Trinajstić information content (AvgIpc) is 3.16. The lowest BCUT2D eigenvalue weighted by Gasteiger charge is -2.14. The van der Waals surface area contributed by atoms with Gasteiger partial charge < -0.3 is 5.32 Å². The van der Waals surface area contributed by atoms with E-state index in [9.17, 15) is 4.79 Å². The second-order valence-electron chi connectivity index (χ2n) is 6.43. The zero-order valence-corrected chi connectivity index (χ0v) is 15.7. The van der Waals surface area contributed by atoms with Crippen molar-refractivity contribution in [1.29, 1.82) is 0 Å². The molecule has 0 spiro atoms. The molecule has 0 fully saturated rings. The summed E-state index contributed by atoms with van der Waals surface area (Å²) in [5, 5.41) is 8.20. The molecule has 5 heteroatoms. The maximum Gasteiger partial charge on any atom is 0.226 e. The van der Waals surface area contributed by atoms with Gasteiger partial charge in [-0.1, -0.05) is 42.5 Å². The van der Waals surface area contributed by atoms with Crippen LogP contribution in [0.5, 0.6) is 0 Å². The number of amides is 1. The molecule has 4 nitrogen and oxygen atoms in total. The first-order valence-corrected chi connectivity index (χ1v) is 9.71. The molecule has 1 atom stereocenters. The van der Waals surface area contributed by atoms with Gasteiger partial charge in [0.1, 0.15) is 5.01 Å². The van der Waals surface area contributed by atoms with E-state index in [0.717, 1.165) is 22.0 Å². The van der Waals surface area contributed by atoms with Crippen LogP contribution in [0, 0.1) is 0 Å². The Kier molecular flexibility index (Phi) is 4.94. The lowest BCUT2D eigenvalue weighted by molar-refractivity contribution is -0.121. The molecule has 0 radical (unpaired) electrons. The van der Waals surface area contributed by atoms with E-state index >= 15 is 0 Å². The number of hydrogen-bond acceptors (Lipinski definition) is 4. The van der Waals surface area contributed by atoms with E-state index in [-0.39, 0.29) is 18.4 Å². The zero-order valence-electron chi connectivity index (χ0n) is 14.9. The van der Waals surface area contributed by atoms with Gasteiger partial charge >= 0.3 is 0 Å². The monoisotopic (exact) mass is 373 g/mol. The molecule has 0 aliphatic rings. The van der Waals surface area contributed by atoms with Gasteiger partial charge in [-0.05, 0) is 41.5 Å². The van der Waals surface area contributed by atoms with Crippen molar-refractivity contribution in [1.82, 2.24) is 15.3 Å². The topological polar surface area (TPSA) is 54.9 Å². The SMILES string of the molecule is CC(NC(=O)Cc1csc(-c2ccccn2)n1)c1ccc2ccccc2c1. The number of benzene rings is 2. The number of carbonyl (C=O) groups excluding carboxylic acids is 1. The van der Waals surface area contributed by atoms with Gasteiger partial charge in [-0.25, -0.2) is 4.98 Å². The van der Waals surface area contributed by atoms with Crippen molar-refractivity contribution >= 4 is 28.0 Å². The summed E-state index contributed by atoms with van der Waals surface area (Å²) < 4.78 is 0. The maximum absolute atomic E-state index is 12.4. The first kappa shape index (κ1) is 17.4. The third-order valence-electron chi connectivity index (χ3n) is 4.43. The lowest BCUT2D eigenvalue weighted by Crippen LogP contribution is -2.28. The normalized spacial score (nSPS) is 12.0. The van der Waals surface area contributed by atoms with E-state index in [1.165, 1.54) is 22.1 Å². The third-order valence-corrected chi connectivity index (χ3v) is 5.34. The summed E-state index contributed by atoms with van der Waals surface area (Å²) in [5.41, 5.74) is 2.69. The van der Waals surface area contributed by atoms with Crippen molar-refractivity contribution in [3.8, 4) is 10.7 Å². The van der Waals surface area contributed by atoms with E-state index in [0.29, 0.717) is 0 Å². The Morgan fingerprint density at radius 1 is 1.07 bits per heavy atom. The van der Waals surface area contributed by atoms with Crippen molar-refractivity contribution in [2.45, 2.75) is 19.4 Å². The molecule has 1 N–H and O–H groups in total. The highest BCUT2D eigenvalue weighted by Crippen LogP contribution is 2.22. The van der Waals surface area contributed by atoms with Crippen LogP contribution in [0.4, 0.5) is 0 Å². The molecule has 0 saturated heterocycles. The fourth-order valence-electron chi connectivity index (χ4n) is 3.01. The van der Waals surface area contributed by atoms with Gasteiger partial charge in [-0.15, -0.1) is 11.3 Å². The minimum absolute atomic E-state index is 0.0338. The lowest BCUT2D eigenvalue weighted by atomic mass is 10.0. The standard InChI is InChI=1S/C22H19N3OS/c1-15(17-10-9-16-6-2-3-7-18(16)12-17)24-21(26)13-19-14-27-22(25-19)20-8-4-5-11-23-20/h2-12,14-15H,13H2,1H3,(H,24,26). The number of rotatable bonds is 5. The predicted molar refractivity (Wildman–Crippen MR) is 110 cm³/mol. The molecule has 2 aromatic carbocycles. The fourth-order valence-corrected chi connectivity index (χ4v) is 3.81. The highest BCUT2D eigenvalue weighted by atomic mass is 32.1. The number of hydrogen-bond donors (Lipinski definition) is 1. The van der Waals surface area contributed by atoms with E-state index in [4.69, 9.17) is 0 Å². The zero-order chi connectivity index (χ0) is 18.6. The van der Waals surface area contributed by atoms with Gasteiger partial charge in [0.05, 0.1) is 23.9 Å². The summed E-state index contributed by atoms with van der Waals surface area (Å²) in [6.07, 6.45) is 2.01. The molecule has 134 valence electrons. The van der Waals surface area contributed by atoms with Gasteiger partial charge in [0.25, 0.3) is 0 Å². The Bertz CT molecular complexity index is 1080. The smallest absolute Gasteiger partial charge is 0.226 e. The van der Waals surface area contributed by atoms with Crippen LogP contribution in [-0.2, 0) is 11.2 Å². The van der Waals surface area contributed by atoms with Crippen molar-refractivity contribution < 1.29 is 4.79 Å². The predicted octanol–water partition coefficient (Wildman–Crippen LogP) is 4.78. The van der Waals surface area contributed by atoms with Gasteiger partial charge in [-0.2, -0.15) is 0 Å². The summed E-state index contributed by atoms with van der Waals surface area (Å²) in [4.78, 5) is 21.3. The van der Waals surface area contributed by atoms with Crippen LogP contribution in [-0.4, -0.2) is 15.9 Å². The fraction of sp³-hybridized carbons (Fsp3) is 0.136. The van der Waals surface area contributed by atoms with Crippen LogP contribution in [0.15, 0.2) is 72.2 Å². The molecular formula is C22H19N3OS. The number of aromatic nitrogens is 2. The van der Waals surface area contributed by atoms with Crippen LogP contribution >= 0.6 is 11.3 Å². The molecule has 2 aromatic heterocycles. The molecule has 2 heterocycles. The van der Waals surface area contributed by atoms with Crippen molar-refractivity contribution in [2.75, 3.05) is 0 Å². The van der Waals surface area contributed by atoms with Crippen LogP contribution in [0.1, 0.15) is 24.2 Å². The van der Waals surface area contributed by atoms with Crippen molar-refractivity contribution in [3.63, 3.8) is 0 Å². The van der Waals surface area contributed by atoms with E-state index < -0.39 is 0 Å². The molecule has 4 aromatic rings. The van der Waals surface area contributed by atoms with Crippen LogP contribution < -0.4 is 5.32 Å². The van der Waals surface area contributed by atoms with Crippen molar-refractivity contribution in [3.05, 3.63) is 83.5 Å². The van der Waals surface area contributed by atoms with E-state index in [2.05, 4.69) is 45.6 Å². The van der Waals surface area contributed by atoms with E-state index in [1.54, 1.807) is 6.20 Å². The molecule has 27 heavy (non-hydrogen) atoms. The number of nitrogens with zero attached hydrogens (tertiary/aromatic N) is 2. The second kappa shape index (κ2) is 7.68. The Morgan fingerprint density at radius 2 is 1.89 bits per heavy atom. The Morgan fingerprint density at radius 3 is 2.70 bits per heavy atom. The minimum Gasteiger partial charge on any atom is -0.349 e. The molecule has 4 rings (SSSR count). The number of pyridine rings is 1. The second-order valence-corrected chi connectivity index (χ2v) is 7.29. The summed E-state index contributed by atoms with van der Waals surface area (Å²) in [6, 6.07) is 20.2. The van der Waals surface area contributed by atoms with Gasteiger partial charge in [0.2, 0.25) is 5.91 Å². The molecule has 1 amide bonds. The molecule has 0 aliphatic heterocycles. The Hall–Kier alpha value is -3.05. The molecule has 0 aliphatic carbocycles. The summed E-state index contributed by atoms with van der Waals surface area (Å²) in [6.45, 7) is 2.00. The molecule has 0 bridgehead atoms. The van der Waals surface area contributed by atoms with Crippen molar-refractivity contribution in [2.24, 2.45) is 0 Å². The van der Waals surface area contributed by atoms with Gasteiger partial charge in [0.15, 0.2) is 0 Å². The van der Waals surface area contributed by atoms with Crippen LogP contribution in [0.25, 0.3) is 21.5 Å². The largest absolute Gasteiger partial charge is 0.349 e. The first-order chi connectivity index (χ1) is 13.2. The molecular weight excluding hydrogens is 354 g/mol. The number of thiazole rings is 1. The molecule has 1 unspecified atom stereocenters. The molecule has 0 saturated carbocycles. The summed E-state index contributed by atoms with van der Waals surface area (Å²) in [5.74, 6) is -0.0338. The Balaban J connectivity index is 1.42. The van der Waals surface area contributed by atoms with E-state index in [1.807, 2.05) is 42.6 Å². The maximum atomic E-state index is 12.4. The quantitative estimate of drug-likeness (QED) is 0.548. The Labute approximate surface area is 161 Å². The van der Waals surface area contributed by atoms with Crippen LogP contribution in [0.2, 0.25) is 0 Å².